The largest absolute Gasteiger partial charge is 0.334 e. The van der Waals surface area contributed by atoms with Gasteiger partial charge in [-0.15, -0.1) is 0 Å². The van der Waals surface area contributed by atoms with Crippen LogP contribution in [0.4, 0.5) is 0 Å². The summed E-state index contributed by atoms with van der Waals surface area (Å²) in [7, 11) is 0. The summed E-state index contributed by atoms with van der Waals surface area (Å²) in [6.45, 7) is 5.53. The Hall–Kier alpha value is -0.220. The standard InChI is InChI=1S/C7H13N3S/c1-7(2)3-5-9-11-6(8)10(5)4-7/h5,8-9H,3-4H2,1-2H3. The van der Waals surface area contributed by atoms with Crippen LogP contribution >= 0.6 is 11.9 Å². The predicted molar refractivity (Wildman–Crippen MR) is 47.3 cm³/mol. The van der Waals surface area contributed by atoms with Crippen molar-refractivity contribution < 1.29 is 0 Å². The zero-order chi connectivity index (χ0) is 8.06. The van der Waals surface area contributed by atoms with Crippen molar-refractivity contribution in [2.75, 3.05) is 6.54 Å². The molecule has 2 fully saturated rings. The number of nitrogens with one attached hydrogen (secondary N) is 2. The average molecular weight is 171 g/mol. The highest BCUT2D eigenvalue weighted by atomic mass is 32.2. The molecule has 0 spiro atoms. The molecule has 1 atom stereocenters. The van der Waals surface area contributed by atoms with E-state index >= 15 is 0 Å². The molecule has 1 unspecified atom stereocenters. The molecule has 0 amide bonds. The number of rotatable bonds is 0. The molecular weight excluding hydrogens is 158 g/mol. The van der Waals surface area contributed by atoms with Crippen molar-refractivity contribution in [3.63, 3.8) is 0 Å². The zero-order valence-electron chi connectivity index (χ0n) is 6.85. The van der Waals surface area contributed by atoms with Crippen molar-refractivity contribution in [1.29, 1.82) is 5.41 Å². The highest BCUT2D eigenvalue weighted by molar-refractivity contribution is 8.12. The second-order valence-electron chi connectivity index (χ2n) is 4.04. The third-order valence-corrected chi connectivity index (χ3v) is 3.09. The SMILES string of the molecule is CC1(C)CC2NSC(=N)N2C1. The zero-order valence-corrected chi connectivity index (χ0v) is 7.66. The van der Waals surface area contributed by atoms with Crippen molar-refractivity contribution in [3.8, 4) is 0 Å². The van der Waals surface area contributed by atoms with Crippen LogP contribution in [0.1, 0.15) is 20.3 Å². The van der Waals surface area contributed by atoms with Crippen molar-refractivity contribution in [1.82, 2.24) is 9.62 Å². The molecule has 2 saturated heterocycles. The third-order valence-electron chi connectivity index (χ3n) is 2.27. The van der Waals surface area contributed by atoms with Crippen LogP contribution in [0.15, 0.2) is 0 Å². The van der Waals surface area contributed by atoms with E-state index in [0.29, 0.717) is 16.7 Å². The lowest BCUT2D eigenvalue weighted by Gasteiger charge is -2.17. The molecule has 2 heterocycles. The van der Waals surface area contributed by atoms with Gasteiger partial charge in [-0.1, -0.05) is 13.8 Å². The molecule has 2 N–H and O–H groups in total. The quantitative estimate of drug-likeness (QED) is 0.538. The van der Waals surface area contributed by atoms with Gasteiger partial charge in [-0.3, -0.25) is 5.41 Å². The second-order valence-corrected chi connectivity index (χ2v) is 4.86. The molecule has 11 heavy (non-hydrogen) atoms. The monoisotopic (exact) mass is 171 g/mol. The van der Waals surface area contributed by atoms with Crippen LogP contribution in [0.25, 0.3) is 0 Å². The number of hydrogen-bond acceptors (Lipinski definition) is 3. The first-order valence-corrected chi connectivity index (χ1v) is 4.68. The van der Waals surface area contributed by atoms with Crippen molar-refractivity contribution in [3.05, 3.63) is 0 Å². The van der Waals surface area contributed by atoms with Crippen LogP contribution < -0.4 is 4.72 Å². The maximum absolute atomic E-state index is 7.58. The molecule has 0 aromatic carbocycles. The molecule has 4 heteroatoms. The number of hydrogen-bond donors (Lipinski definition) is 2. The molecule has 2 rings (SSSR count). The molecule has 2 aliphatic heterocycles. The minimum atomic E-state index is 0.380. The minimum Gasteiger partial charge on any atom is -0.334 e. The van der Waals surface area contributed by atoms with Gasteiger partial charge in [0.15, 0.2) is 5.17 Å². The Balaban J connectivity index is 2.16. The van der Waals surface area contributed by atoms with Crippen LogP contribution in [0.2, 0.25) is 0 Å². The Morgan fingerprint density at radius 3 is 3.09 bits per heavy atom. The molecule has 62 valence electrons. The van der Waals surface area contributed by atoms with Gasteiger partial charge in [-0.05, 0) is 23.8 Å². The van der Waals surface area contributed by atoms with Crippen molar-refractivity contribution in [2.45, 2.75) is 26.4 Å². The summed E-state index contributed by atoms with van der Waals surface area (Å²) >= 11 is 1.45. The van der Waals surface area contributed by atoms with E-state index in [1.165, 1.54) is 11.9 Å². The molecule has 0 saturated carbocycles. The molecule has 0 aliphatic carbocycles. The molecule has 0 aromatic rings. The fourth-order valence-electron chi connectivity index (χ4n) is 1.77. The number of amidine groups is 1. The van der Waals surface area contributed by atoms with Gasteiger partial charge in [0.25, 0.3) is 0 Å². The van der Waals surface area contributed by atoms with Crippen LogP contribution in [0.3, 0.4) is 0 Å². The Morgan fingerprint density at radius 2 is 2.45 bits per heavy atom. The van der Waals surface area contributed by atoms with E-state index in [9.17, 15) is 0 Å². The van der Waals surface area contributed by atoms with Gasteiger partial charge in [0.2, 0.25) is 0 Å². The maximum Gasteiger partial charge on any atom is 0.173 e. The molecule has 0 bridgehead atoms. The van der Waals surface area contributed by atoms with Gasteiger partial charge < -0.3 is 4.90 Å². The molecule has 0 radical (unpaired) electrons. The van der Waals surface area contributed by atoms with Crippen LogP contribution in [-0.4, -0.2) is 22.8 Å². The topological polar surface area (TPSA) is 39.1 Å². The Labute approximate surface area is 71.2 Å². The van der Waals surface area contributed by atoms with Crippen LogP contribution in [0, 0.1) is 10.8 Å². The predicted octanol–water partition coefficient (Wildman–Crippen LogP) is 1.23. The van der Waals surface area contributed by atoms with Crippen molar-refractivity contribution in [2.24, 2.45) is 5.41 Å². The van der Waals surface area contributed by atoms with E-state index in [0.717, 1.165) is 13.0 Å². The van der Waals surface area contributed by atoms with E-state index in [-0.39, 0.29) is 0 Å². The summed E-state index contributed by atoms with van der Waals surface area (Å²) in [4.78, 5) is 2.14. The molecule has 3 nitrogen and oxygen atoms in total. The number of fused-ring (bicyclic) bond motifs is 1. The third kappa shape index (κ3) is 1.14. The molecular formula is C7H13N3S. The molecule has 0 aromatic heterocycles. The lowest BCUT2D eigenvalue weighted by Crippen LogP contribution is -2.30. The fraction of sp³-hybridized carbons (Fsp3) is 0.857. The lowest BCUT2D eigenvalue weighted by atomic mass is 9.92. The van der Waals surface area contributed by atoms with Gasteiger partial charge in [0, 0.05) is 6.54 Å². The average Bonchev–Trinajstić information content (AvgIpc) is 2.31. The first-order valence-electron chi connectivity index (χ1n) is 3.86. The van der Waals surface area contributed by atoms with Gasteiger partial charge in [-0.25, -0.2) is 4.72 Å². The summed E-state index contributed by atoms with van der Waals surface area (Å²) in [5.74, 6) is 0. The highest BCUT2D eigenvalue weighted by Gasteiger charge is 2.42. The summed E-state index contributed by atoms with van der Waals surface area (Å²) in [5, 5.41) is 8.26. The smallest absolute Gasteiger partial charge is 0.173 e. The minimum absolute atomic E-state index is 0.380. The summed E-state index contributed by atoms with van der Waals surface area (Å²) < 4.78 is 3.24. The van der Waals surface area contributed by atoms with E-state index in [1.54, 1.807) is 0 Å². The summed E-state index contributed by atoms with van der Waals surface area (Å²) in [6, 6.07) is 0. The van der Waals surface area contributed by atoms with Gasteiger partial charge in [0.05, 0.1) is 6.17 Å². The van der Waals surface area contributed by atoms with Gasteiger partial charge in [0.1, 0.15) is 0 Å². The van der Waals surface area contributed by atoms with Gasteiger partial charge >= 0.3 is 0 Å². The van der Waals surface area contributed by atoms with E-state index in [4.69, 9.17) is 5.41 Å². The van der Waals surface area contributed by atoms with Crippen molar-refractivity contribution >= 4 is 17.1 Å². The first kappa shape index (κ1) is 7.43. The summed E-state index contributed by atoms with van der Waals surface area (Å²) in [6.07, 6.45) is 1.57. The second kappa shape index (κ2) is 2.14. The summed E-state index contributed by atoms with van der Waals surface area (Å²) in [5.41, 5.74) is 0.380. The van der Waals surface area contributed by atoms with E-state index in [1.807, 2.05) is 0 Å². The first-order chi connectivity index (χ1) is 5.08. The number of nitrogens with zero attached hydrogens (tertiary/aromatic N) is 1. The Kier molecular flexibility index (Phi) is 1.44. The fourth-order valence-corrected chi connectivity index (χ4v) is 2.54. The normalized spacial score (nSPS) is 34.5. The van der Waals surface area contributed by atoms with Crippen LogP contribution in [0.5, 0.6) is 0 Å². The molecule has 2 aliphatic rings. The highest BCUT2D eigenvalue weighted by Crippen LogP contribution is 2.37. The Morgan fingerprint density at radius 1 is 1.73 bits per heavy atom. The van der Waals surface area contributed by atoms with E-state index in [2.05, 4.69) is 23.5 Å². The van der Waals surface area contributed by atoms with Gasteiger partial charge in [-0.2, -0.15) is 0 Å². The van der Waals surface area contributed by atoms with Crippen LogP contribution in [-0.2, 0) is 0 Å². The van der Waals surface area contributed by atoms with E-state index < -0.39 is 0 Å². The maximum atomic E-state index is 7.58. The Bertz CT molecular complexity index is 202. The lowest BCUT2D eigenvalue weighted by molar-refractivity contribution is 0.372.